The van der Waals surface area contributed by atoms with Crippen molar-refractivity contribution in [3.63, 3.8) is 0 Å². The lowest BCUT2D eigenvalue weighted by molar-refractivity contribution is 0.0265. The molecule has 4 heterocycles. The second kappa shape index (κ2) is 7.42. The van der Waals surface area contributed by atoms with Crippen LogP contribution in [0.15, 0.2) is 36.9 Å². The second-order valence-electron chi connectivity index (χ2n) is 6.80. The Bertz CT molecular complexity index is 638. The third-order valence-electron chi connectivity index (χ3n) is 4.91. The normalized spacial score (nSPS) is 22.9. The average Bonchev–Trinajstić information content (AvgIpc) is 2.96. The Labute approximate surface area is 143 Å². The molecule has 2 aliphatic rings. The van der Waals surface area contributed by atoms with Crippen LogP contribution in [0.4, 0.5) is 0 Å². The van der Waals surface area contributed by atoms with Crippen molar-refractivity contribution in [1.29, 1.82) is 0 Å². The number of morpholine rings is 1. The standard InChI is InChI=1S/C18H25N5O/c1-3-19-4-2-16(1)11-22-13-17(12-21-7-9-24-10-8-21)14-23-6-5-20-18(23)15-22/h1-6,17H,7-15H2. The molecule has 24 heavy (non-hydrogen) atoms. The predicted octanol–water partition coefficient (Wildman–Crippen LogP) is 1.24. The first kappa shape index (κ1) is 15.7. The summed E-state index contributed by atoms with van der Waals surface area (Å²) in [7, 11) is 0. The predicted molar refractivity (Wildman–Crippen MR) is 91.3 cm³/mol. The summed E-state index contributed by atoms with van der Waals surface area (Å²) in [5.41, 5.74) is 1.31. The van der Waals surface area contributed by atoms with Crippen LogP contribution in [-0.4, -0.2) is 63.7 Å². The fraction of sp³-hybridized carbons (Fsp3) is 0.556. The molecule has 1 fully saturated rings. The van der Waals surface area contributed by atoms with Crippen molar-refractivity contribution in [2.45, 2.75) is 19.6 Å². The molecule has 4 rings (SSSR count). The number of ether oxygens (including phenoxy) is 1. The van der Waals surface area contributed by atoms with Gasteiger partial charge in [0.2, 0.25) is 0 Å². The zero-order valence-electron chi connectivity index (χ0n) is 14.0. The molecule has 1 saturated heterocycles. The van der Waals surface area contributed by atoms with Gasteiger partial charge in [-0.05, 0) is 17.7 Å². The molecule has 1 unspecified atom stereocenters. The Kier molecular flexibility index (Phi) is 4.87. The molecule has 2 aliphatic heterocycles. The molecule has 0 aliphatic carbocycles. The maximum Gasteiger partial charge on any atom is 0.122 e. The molecule has 0 radical (unpaired) electrons. The van der Waals surface area contributed by atoms with E-state index in [4.69, 9.17) is 4.74 Å². The van der Waals surface area contributed by atoms with E-state index < -0.39 is 0 Å². The van der Waals surface area contributed by atoms with Crippen molar-refractivity contribution in [3.05, 3.63) is 48.3 Å². The van der Waals surface area contributed by atoms with Crippen molar-refractivity contribution in [2.75, 3.05) is 39.4 Å². The Hall–Kier alpha value is -1.76. The number of hydrogen-bond acceptors (Lipinski definition) is 5. The van der Waals surface area contributed by atoms with Gasteiger partial charge in [-0.1, -0.05) is 0 Å². The van der Waals surface area contributed by atoms with Crippen LogP contribution >= 0.6 is 0 Å². The Morgan fingerprint density at radius 3 is 2.71 bits per heavy atom. The number of pyridine rings is 1. The molecular formula is C18H25N5O. The summed E-state index contributed by atoms with van der Waals surface area (Å²) in [6.07, 6.45) is 7.80. The second-order valence-corrected chi connectivity index (χ2v) is 6.80. The van der Waals surface area contributed by atoms with Gasteiger partial charge in [0, 0.05) is 70.0 Å². The monoisotopic (exact) mass is 327 g/mol. The Balaban J connectivity index is 1.47. The van der Waals surface area contributed by atoms with Crippen LogP contribution in [0.1, 0.15) is 11.4 Å². The van der Waals surface area contributed by atoms with Gasteiger partial charge in [-0.3, -0.25) is 14.8 Å². The fourth-order valence-corrected chi connectivity index (χ4v) is 3.75. The van der Waals surface area contributed by atoms with Gasteiger partial charge < -0.3 is 9.30 Å². The molecule has 1 atom stereocenters. The van der Waals surface area contributed by atoms with Crippen LogP contribution in [0.25, 0.3) is 0 Å². The molecule has 0 saturated carbocycles. The highest BCUT2D eigenvalue weighted by Crippen LogP contribution is 2.19. The van der Waals surface area contributed by atoms with E-state index in [2.05, 4.69) is 42.7 Å². The highest BCUT2D eigenvalue weighted by molar-refractivity contribution is 5.10. The minimum absolute atomic E-state index is 0.611. The van der Waals surface area contributed by atoms with Crippen molar-refractivity contribution in [3.8, 4) is 0 Å². The number of hydrogen-bond donors (Lipinski definition) is 0. The number of aromatic nitrogens is 3. The van der Waals surface area contributed by atoms with E-state index in [1.165, 1.54) is 11.4 Å². The maximum atomic E-state index is 5.48. The van der Waals surface area contributed by atoms with Gasteiger partial charge in [-0.15, -0.1) is 0 Å². The van der Waals surface area contributed by atoms with Crippen LogP contribution in [-0.2, 0) is 24.4 Å². The maximum absolute atomic E-state index is 5.48. The topological polar surface area (TPSA) is 46.4 Å². The summed E-state index contributed by atoms with van der Waals surface area (Å²) in [5.74, 6) is 1.79. The molecule has 2 aromatic heterocycles. The third-order valence-corrected chi connectivity index (χ3v) is 4.91. The number of nitrogens with zero attached hydrogens (tertiary/aromatic N) is 5. The van der Waals surface area contributed by atoms with Crippen LogP contribution in [0, 0.1) is 5.92 Å². The van der Waals surface area contributed by atoms with Crippen molar-refractivity contribution in [2.24, 2.45) is 5.92 Å². The van der Waals surface area contributed by atoms with Crippen molar-refractivity contribution < 1.29 is 4.74 Å². The van der Waals surface area contributed by atoms with E-state index in [1.54, 1.807) is 0 Å². The smallest absolute Gasteiger partial charge is 0.122 e. The first-order valence-electron chi connectivity index (χ1n) is 8.78. The van der Waals surface area contributed by atoms with Gasteiger partial charge in [0.05, 0.1) is 19.8 Å². The highest BCUT2D eigenvalue weighted by atomic mass is 16.5. The van der Waals surface area contributed by atoms with E-state index in [9.17, 15) is 0 Å². The molecular weight excluding hydrogens is 302 g/mol. The molecule has 0 amide bonds. The lowest BCUT2D eigenvalue weighted by Gasteiger charge is -2.31. The fourth-order valence-electron chi connectivity index (χ4n) is 3.75. The lowest BCUT2D eigenvalue weighted by Crippen LogP contribution is -2.42. The summed E-state index contributed by atoms with van der Waals surface area (Å²) < 4.78 is 7.82. The summed E-state index contributed by atoms with van der Waals surface area (Å²) in [4.78, 5) is 13.8. The van der Waals surface area contributed by atoms with E-state index in [0.29, 0.717) is 5.92 Å². The molecule has 128 valence electrons. The molecule has 0 spiro atoms. The van der Waals surface area contributed by atoms with Gasteiger partial charge in [0.25, 0.3) is 0 Å². The minimum Gasteiger partial charge on any atom is -0.379 e. The van der Waals surface area contributed by atoms with Crippen LogP contribution in [0.3, 0.4) is 0 Å². The third kappa shape index (κ3) is 3.83. The zero-order chi connectivity index (χ0) is 16.2. The molecule has 0 N–H and O–H groups in total. The minimum atomic E-state index is 0.611. The number of rotatable bonds is 4. The van der Waals surface area contributed by atoms with Gasteiger partial charge in [0.1, 0.15) is 5.82 Å². The van der Waals surface area contributed by atoms with Crippen LogP contribution < -0.4 is 0 Å². The van der Waals surface area contributed by atoms with Crippen molar-refractivity contribution >= 4 is 0 Å². The van der Waals surface area contributed by atoms with Gasteiger partial charge in [0.15, 0.2) is 0 Å². The molecule has 2 aromatic rings. The van der Waals surface area contributed by atoms with E-state index in [-0.39, 0.29) is 0 Å². The summed E-state index contributed by atoms with van der Waals surface area (Å²) in [5, 5.41) is 0. The first-order valence-corrected chi connectivity index (χ1v) is 8.78. The first-order chi connectivity index (χ1) is 11.9. The van der Waals surface area contributed by atoms with Crippen LogP contribution in [0.5, 0.6) is 0 Å². The van der Waals surface area contributed by atoms with Crippen LogP contribution in [0.2, 0.25) is 0 Å². The molecule has 6 nitrogen and oxygen atoms in total. The molecule has 0 aromatic carbocycles. The van der Waals surface area contributed by atoms with E-state index in [1.807, 2.05) is 18.6 Å². The Morgan fingerprint density at radius 2 is 1.88 bits per heavy atom. The summed E-state index contributed by atoms with van der Waals surface area (Å²) in [6, 6.07) is 4.21. The Morgan fingerprint density at radius 1 is 1.04 bits per heavy atom. The van der Waals surface area contributed by atoms with E-state index >= 15 is 0 Å². The lowest BCUT2D eigenvalue weighted by atomic mass is 10.1. The number of fused-ring (bicyclic) bond motifs is 1. The number of imidazole rings is 1. The van der Waals surface area contributed by atoms with Crippen molar-refractivity contribution in [1.82, 2.24) is 24.3 Å². The van der Waals surface area contributed by atoms with Gasteiger partial charge in [-0.25, -0.2) is 4.98 Å². The molecule has 6 heteroatoms. The zero-order valence-corrected chi connectivity index (χ0v) is 14.0. The SMILES string of the molecule is c1cc(CN2Cc3nccn3CC(CN3CCOCC3)C2)ccn1. The average molecular weight is 327 g/mol. The summed E-state index contributed by atoms with van der Waals surface area (Å²) in [6.45, 7) is 8.99. The van der Waals surface area contributed by atoms with Gasteiger partial charge >= 0.3 is 0 Å². The van der Waals surface area contributed by atoms with Gasteiger partial charge in [-0.2, -0.15) is 0 Å². The highest BCUT2D eigenvalue weighted by Gasteiger charge is 2.24. The summed E-state index contributed by atoms with van der Waals surface area (Å²) >= 11 is 0. The van der Waals surface area contributed by atoms with E-state index in [0.717, 1.165) is 59.0 Å². The molecule has 0 bridgehead atoms. The largest absolute Gasteiger partial charge is 0.379 e. The quantitative estimate of drug-likeness (QED) is 0.846.